The zero-order valence-corrected chi connectivity index (χ0v) is 21.9. The Balaban J connectivity index is 1.24. The maximum atomic E-state index is 12.4. The van der Waals surface area contributed by atoms with Crippen molar-refractivity contribution in [3.05, 3.63) is 71.4 Å². The molecule has 0 spiro atoms. The predicted molar refractivity (Wildman–Crippen MR) is 138 cm³/mol. The van der Waals surface area contributed by atoms with E-state index in [1.165, 1.54) is 29.1 Å². The number of alkyl halides is 3. The molecular formula is C26H27F3N6O2S. The van der Waals surface area contributed by atoms with Crippen molar-refractivity contribution in [2.45, 2.75) is 43.9 Å². The van der Waals surface area contributed by atoms with Gasteiger partial charge in [0.2, 0.25) is 5.88 Å². The van der Waals surface area contributed by atoms with Crippen molar-refractivity contribution >= 4 is 17.8 Å². The van der Waals surface area contributed by atoms with Gasteiger partial charge in [-0.2, -0.15) is 18.3 Å². The van der Waals surface area contributed by atoms with Crippen LogP contribution >= 0.6 is 11.9 Å². The number of anilines is 1. The molecule has 5 rings (SSSR count). The van der Waals surface area contributed by atoms with Crippen molar-refractivity contribution < 1.29 is 22.4 Å². The van der Waals surface area contributed by atoms with Gasteiger partial charge >= 0.3 is 6.18 Å². The summed E-state index contributed by atoms with van der Waals surface area (Å²) in [4.78, 5) is 7.44. The normalized spacial score (nSPS) is 14.8. The summed E-state index contributed by atoms with van der Waals surface area (Å²) < 4.78 is 52.4. The van der Waals surface area contributed by atoms with Gasteiger partial charge in [0, 0.05) is 55.1 Å². The lowest BCUT2D eigenvalue weighted by atomic mass is 9.97. The highest BCUT2D eigenvalue weighted by atomic mass is 32.2. The minimum absolute atomic E-state index is 0.0366. The summed E-state index contributed by atoms with van der Waals surface area (Å²) in [5.41, 5.74) is 5.27. The molecule has 0 aliphatic carbocycles. The lowest BCUT2D eigenvalue weighted by Gasteiger charge is -2.34. The number of nitrogens with zero attached hydrogens (tertiary/aromatic N) is 5. The second-order valence-corrected chi connectivity index (χ2v) is 10.1. The van der Waals surface area contributed by atoms with Gasteiger partial charge in [-0.1, -0.05) is 17.3 Å². The number of hydrogen-bond acceptors (Lipinski definition) is 8. The highest BCUT2D eigenvalue weighted by molar-refractivity contribution is 8.00. The van der Waals surface area contributed by atoms with E-state index in [2.05, 4.69) is 50.0 Å². The fourth-order valence-electron chi connectivity index (χ4n) is 4.48. The maximum absolute atomic E-state index is 12.4. The molecule has 1 unspecified atom stereocenters. The van der Waals surface area contributed by atoms with E-state index >= 15 is 0 Å². The average Bonchev–Trinajstić information content (AvgIpc) is 3.49. The van der Waals surface area contributed by atoms with Crippen LogP contribution in [-0.4, -0.2) is 44.1 Å². The predicted octanol–water partition coefficient (Wildman–Crippen LogP) is 5.96. The van der Waals surface area contributed by atoms with E-state index in [0.717, 1.165) is 41.1 Å². The number of benzene rings is 1. The number of aryl methyl sites for hydroxylation is 2. The van der Waals surface area contributed by atoms with Crippen LogP contribution in [0.4, 0.5) is 19.0 Å². The summed E-state index contributed by atoms with van der Waals surface area (Å²) in [5, 5.41) is 8.42. The Hall–Kier alpha value is -3.51. The zero-order chi connectivity index (χ0) is 26.9. The molecule has 0 bridgehead atoms. The van der Waals surface area contributed by atoms with Crippen LogP contribution in [-0.2, 0) is 20.0 Å². The van der Waals surface area contributed by atoms with Crippen molar-refractivity contribution in [3.8, 4) is 17.0 Å². The largest absolute Gasteiger partial charge is 0.468 e. The second-order valence-electron chi connectivity index (χ2n) is 9.23. The fourth-order valence-corrected chi connectivity index (χ4v) is 5.17. The molecule has 4 aromatic rings. The zero-order valence-electron chi connectivity index (χ0n) is 21.1. The third-order valence-electron chi connectivity index (χ3n) is 6.51. The fraction of sp³-hybridized carbons (Fsp3) is 0.346. The molecule has 12 heteroatoms. The van der Waals surface area contributed by atoms with Gasteiger partial charge in [-0.15, -0.1) is 0 Å². The molecule has 1 atom stereocenters. The van der Waals surface area contributed by atoms with Crippen LogP contribution in [0.5, 0.6) is 5.88 Å². The minimum Gasteiger partial charge on any atom is -0.468 e. The standard InChI is InChI=1S/C26H27F3N6O2S/c1-16(19-5-7-23(30-11-19)36-15-26(27,28)29)35-9-8-18-4-6-22(10-20(18)14-35)38-33-25-24(17(2)37-32-25)21-12-31-34(3)13-21/h4-7,10-13,16H,8-9,14-15H2,1-3H3,(H,32,33). The maximum Gasteiger partial charge on any atom is 0.422 e. The van der Waals surface area contributed by atoms with Crippen molar-refractivity contribution in [1.82, 2.24) is 24.8 Å². The third kappa shape index (κ3) is 5.97. The van der Waals surface area contributed by atoms with E-state index in [9.17, 15) is 13.2 Å². The lowest BCUT2D eigenvalue weighted by molar-refractivity contribution is -0.154. The van der Waals surface area contributed by atoms with E-state index in [1.807, 2.05) is 20.2 Å². The molecule has 0 fully saturated rings. The number of hydrogen-bond donors (Lipinski definition) is 1. The number of halogens is 3. The number of nitrogens with one attached hydrogen (secondary N) is 1. The van der Waals surface area contributed by atoms with Crippen LogP contribution in [0, 0.1) is 6.92 Å². The molecule has 38 heavy (non-hydrogen) atoms. The first-order valence-electron chi connectivity index (χ1n) is 12.1. The minimum atomic E-state index is -4.39. The first-order valence-corrected chi connectivity index (χ1v) is 12.9. The first kappa shape index (κ1) is 26.1. The summed E-state index contributed by atoms with van der Waals surface area (Å²) >= 11 is 1.47. The van der Waals surface area contributed by atoms with Gasteiger partial charge in [0.15, 0.2) is 12.4 Å². The van der Waals surface area contributed by atoms with Crippen molar-refractivity contribution in [2.75, 3.05) is 17.9 Å². The summed E-state index contributed by atoms with van der Waals surface area (Å²) in [6.07, 6.45) is 1.80. The van der Waals surface area contributed by atoms with E-state index in [0.29, 0.717) is 11.6 Å². The molecule has 1 aliphatic rings. The number of rotatable bonds is 8. The molecule has 1 aliphatic heterocycles. The quantitative estimate of drug-likeness (QED) is 0.272. The van der Waals surface area contributed by atoms with Crippen LogP contribution in [0.25, 0.3) is 11.1 Å². The summed E-state index contributed by atoms with van der Waals surface area (Å²) in [7, 11) is 1.87. The van der Waals surface area contributed by atoms with Crippen LogP contribution < -0.4 is 9.46 Å². The van der Waals surface area contributed by atoms with Gasteiger partial charge in [-0.05, 0) is 61.0 Å². The molecule has 3 aromatic heterocycles. The smallest absolute Gasteiger partial charge is 0.422 e. The van der Waals surface area contributed by atoms with Gasteiger partial charge < -0.3 is 14.0 Å². The highest BCUT2D eigenvalue weighted by Crippen LogP contribution is 2.35. The molecular weight excluding hydrogens is 517 g/mol. The van der Waals surface area contributed by atoms with Crippen molar-refractivity contribution in [3.63, 3.8) is 0 Å². The Bertz CT molecular complexity index is 1400. The molecule has 0 saturated heterocycles. The van der Waals surface area contributed by atoms with Gasteiger partial charge in [-0.3, -0.25) is 9.58 Å². The summed E-state index contributed by atoms with van der Waals surface area (Å²) in [6, 6.07) is 9.73. The SMILES string of the molecule is Cc1onc(NSc2ccc3c(c2)CN(C(C)c2ccc(OCC(F)(F)F)nc2)CC3)c1-c1cnn(C)c1. The Kier molecular flexibility index (Phi) is 7.35. The van der Waals surface area contributed by atoms with Gasteiger partial charge in [-0.25, -0.2) is 4.98 Å². The van der Waals surface area contributed by atoms with E-state index < -0.39 is 12.8 Å². The molecule has 1 N–H and O–H groups in total. The molecule has 8 nitrogen and oxygen atoms in total. The van der Waals surface area contributed by atoms with Crippen molar-refractivity contribution in [2.24, 2.45) is 7.05 Å². The van der Waals surface area contributed by atoms with E-state index in [4.69, 9.17) is 9.26 Å². The monoisotopic (exact) mass is 544 g/mol. The third-order valence-corrected chi connectivity index (χ3v) is 7.30. The molecule has 1 aromatic carbocycles. The Labute approximate surface area is 222 Å². The number of fused-ring (bicyclic) bond motifs is 1. The summed E-state index contributed by atoms with van der Waals surface area (Å²) in [5.74, 6) is 1.32. The topological polar surface area (TPSA) is 81.2 Å². The van der Waals surface area contributed by atoms with Crippen LogP contribution in [0.2, 0.25) is 0 Å². The highest BCUT2D eigenvalue weighted by Gasteiger charge is 2.29. The Morgan fingerprint density at radius 2 is 2.03 bits per heavy atom. The lowest BCUT2D eigenvalue weighted by Crippen LogP contribution is -2.33. The number of aromatic nitrogens is 4. The van der Waals surface area contributed by atoms with Gasteiger partial charge in [0.1, 0.15) is 5.76 Å². The van der Waals surface area contributed by atoms with Crippen LogP contribution in [0.3, 0.4) is 0 Å². The first-order chi connectivity index (χ1) is 18.2. The number of pyridine rings is 1. The molecule has 0 radical (unpaired) electrons. The average molecular weight is 545 g/mol. The Morgan fingerprint density at radius 1 is 1.18 bits per heavy atom. The molecule has 0 saturated carbocycles. The Morgan fingerprint density at radius 3 is 2.74 bits per heavy atom. The molecule has 4 heterocycles. The van der Waals surface area contributed by atoms with E-state index in [-0.39, 0.29) is 11.9 Å². The van der Waals surface area contributed by atoms with Gasteiger partial charge in [0.05, 0.1) is 11.8 Å². The van der Waals surface area contributed by atoms with E-state index in [1.54, 1.807) is 23.1 Å². The second kappa shape index (κ2) is 10.7. The van der Waals surface area contributed by atoms with Crippen LogP contribution in [0.15, 0.2) is 58.3 Å². The molecule has 200 valence electrons. The van der Waals surface area contributed by atoms with Crippen LogP contribution in [0.1, 0.15) is 35.4 Å². The van der Waals surface area contributed by atoms with Gasteiger partial charge in [0.25, 0.3) is 0 Å². The van der Waals surface area contributed by atoms with Crippen molar-refractivity contribution in [1.29, 1.82) is 0 Å². The molecule has 0 amide bonds. The summed E-state index contributed by atoms with van der Waals surface area (Å²) in [6.45, 7) is 4.22. The number of ether oxygens (including phenoxy) is 1.